The first kappa shape index (κ1) is 24.6. The third-order valence-corrected chi connectivity index (χ3v) is 7.42. The van der Waals surface area contributed by atoms with Crippen molar-refractivity contribution >= 4 is 32.7 Å². The molecule has 0 bridgehead atoms. The minimum atomic E-state index is -0.0800. The summed E-state index contributed by atoms with van der Waals surface area (Å²) in [7, 11) is 2.19. The molecule has 7 heteroatoms. The van der Waals surface area contributed by atoms with Crippen molar-refractivity contribution in [3.05, 3.63) is 94.7 Å². The largest absolute Gasteiger partial charge is 0.352 e. The van der Waals surface area contributed by atoms with Gasteiger partial charge in [-0.15, -0.1) is 0 Å². The second-order valence-corrected chi connectivity index (χ2v) is 10.1. The van der Waals surface area contributed by atoms with Gasteiger partial charge in [0.05, 0.1) is 16.8 Å². The van der Waals surface area contributed by atoms with Crippen LogP contribution in [0.3, 0.4) is 0 Å². The Kier molecular flexibility index (Phi) is 7.70. The lowest BCUT2D eigenvalue weighted by atomic mass is 10.0. The number of benzene rings is 2. The number of halogens is 1. The maximum Gasteiger partial charge on any atom is 0.252 e. The molecule has 0 radical (unpaired) electrons. The molecular formula is C29H30BrN5O. The molecule has 4 aromatic rings. The molecule has 36 heavy (non-hydrogen) atoms. The predicted molar refractivity (Wildman–Crippen MR) is 148 cm³/mol. The summed E-state index contributed by atoms with van der Waals surface area (Å²) >= 11 is 3.61. The minimum absolute atomic E-state index is 0.0800. The van der Waals surface area contributed by atoms with Crippen molar-refractivity contribution in [1.82, 2.24) is 25.1 Å². The normalized spacial score (nSPS) is 16.8. The van der Waals surface area contributed by atoms with Crippen molar-refractivity contribution in [3.8, 4) is 11.3 Å². The van der Waals surface area contributed by atoms with Crippen LogP contribution in [-0.4, -0.2) is 65.4 Å². The number of amides is 1. The molecular weight excluding hydrogens is 514 g/mol. The molecule has 0 spiro atoms. The quantitative estimate of drug-likeness (QED) is 0.326. The van der Waals surface area contributed by atoms with E-state index in [0.29, 0.717) is 18.2 Å². The monoisotopic (exact) mass is 543 g/mol. The number of rotatable bonds is 7. The van der Waals surface area contributed by atoms with Crippen molar-refractivity contribution in [3.63, 3.8) is 0 Å². The van der Waals surface area contributed by atoms with Crippen LogP contribution >= 0.6 is 15.9 Å². The molecule has 1 aliphatic rings. The zero-order valence-corrected chi connectivity index (χ0v) is 22.0. The zero-order chi connectivity index (χ0) is 24.9. The summed E-state index contributed by atoms with van der Waals surface area (Å²) in [6.45, 7) is 4.67. The van der Waals surface area contributed by atoms with Gasteiger partial charge in [0.2, 0.25) is 0 Å². The zero-order valence-electron chi connectivity index (χ0n) is 20.4. The second kappa shape index (κ2) is 11.3. The van der Waals surface area contributed by atoms with Gasteiger partial charge in [-0.2, -0.15) is 0 Å². The Labute approximate surface area is 220 Å². The molecule has 5 rings (SSSR count). The van der Waals surface area contributed by atoms with Gasteiger partial charge in [-0.05, 0) is 59.2 Å². The number of fused-ring (bicyclic) bond motifs is 1. The van der Waals surface area contributed by atoms with Crippen LogP contribution in [0.5, 0.6) is 0 Å². The number of nitrogens with zero attached hydrogens (tertiary/aromatic N) is 4. The molecule has 3 heterocycles. The van der Waals surface area contributed by atoms with E-state index < -0.39 is 0 Å². The van der Waals surface area contributed by atoms with E-state index in [-0.39, 0.29) is 5.91 Å². The summed E-state index contributed by atoms with van der Waals surface area (Å²) in [5, 5.41) is 3.99. The molecule has 6 nitrogen and oxygen atoms in total. The number of hydrogen-bond donors (Lipinski definition) is 1. The Morgan fingerprint density at radius 3 is 2.75 bits per heavy atom. The molecule has 1 unspecified atom stereocenters. The van der Waals surface area contributed by atoms with Crippen molar-refractivity contribution in [2.24, 2.45) is 0 Å². The van der Waals surface area contributed by atoms with E-state index in [1.807, 2.05) is 36.4 Å². The van der Waals surface area contributed by atoms with E-state index >= 15 is 0 Å². The highest BCUT2D eigenvalue weighted by Crippen LogP contribution is 2.29. The summed E-state index contributed by atoms with van der Waals surface area (Å²) < 4.78 is 0.863. The molecule has 2 aromatic carbocycles. The van der Waals surface area contributed by atoms with Crippen molar-refractivity contribution in [2.45, 2.75) is 12.5 Å². The number of piperazine rings is 1. The van der Waals surface area contributed by atoms with E-state index in [1.165, 1.54) is 5.56 Å². The number of likely N-dealkylation sites (N-methyl/N-ethyl adjacent to an activating group) is 1. The van der Waals surface area contributed by atoms with E-state index in [0.717, 1.165) is 59.2 Å². The molecule has 184 valence electrons. The van der Waals surface area contributed by atoms with Gasteiger partial charge in [0.15, 0.2) is 0 Å². The van der Waals surface area contributed by atoms with E-state index in [4.69, 9.17) is 4.98 Å². The fourth-order valence-corrected chi connectivity index (χ4v) is 5.31. The molecule has 1 aliphatic heterocycles. The van der Waals surface area contributed by atoms with Crippen LogP contribution < -0.4 is 5.32 Å². The van der Waals surface area contributed by atoms with Crippen LogP contribution in [0.1, 0.15) is 28.4 Å². The van der Waals surface area contributed by atoms with Crippen LogP contribution in [0.2, 0.25) is 0 Å². The van der Waals surface area contributed by atoms with Gasteiger partial charge in [-0.25, -0.2) is 4.98 Å². The Balaban J connectivity index is 1.29. The van der Waals surface area contributed by atoms with E-state index in [2.05, 4.69) is 73.4 Å². The molecule has 1 saturated heterocycles. The van der Waals surface area contributed by atoms with Gasteiger partial charge in [0, 0.05) is 66.6 Å². The van der Waals surface area contributed by atoms with Crippen LogP contribution in [0, 0.1) is 0 Å². The molecule has 1 atom stereocenters. The van der Waals surface area contributed by atoms with Crippen LogP contribution in [0.15, 0.2) is 83.6 Å². The minimum Gasteiger partial charge on any atom is -0.352 e. The number of carbonyl (C=O) groups is 1. The van der Waals surface area contributed by atoms with Gasteiger partial charge < -0.3 is 10.2 Å². The summed E-state index contributed by atoms with van der Waals surface area (Å²) in [6.07, 6.45) is 4.39. The third kappa shape index (κ3) is 5.48. The maximum absolute atomic E-state index is 13.3. The lowest BCUT2D eigenvalue weighted by Crippen LogP contribution is -2.47. The van der Waals surface area contributed by atoms with Gasteiger partial charge >= 0.3 is 0 Å². The maximum atomic E-state index is 13.3. The fourth-order valence-electron chi connectivity index (χ4n) is 4.86. The Bertz CT molecular complexity index is 1330. The highest BCUT2D eigenvalue weighted by Gasteiger charge is 2.26. The predicted octanol–water partition coefficient (Wildman–Crippen LogP) is 5.17. The Hall–Kier alpha value is -3.13. The summed E-state index contributed by atoms with van der Waals surface area (Å²) in [5.74, 6) is -0.0800. The molecule has 2 aromatic heterocycles. The SMILES string of the molecule is CN1CCN(CCCNC(=O)c2cc(-c3cccnc3)nc3c(Br)cccc23)C(c2ccccc2)C1. The topological polar surface area (TPSA) is 61.4 Å². The molecule has 0 aliphatic carbocycles. The van der Waals surface area contributed by atoms with Crippen LogP contribution in [-0.2, 0) is 0 Å². The Morgan fingerprint density at radius 2 is 1.94 bits per heavy atom. The molecule has 1 N–H and O–H groups in total. The van der Waals surface area contributed by atoms with E-state index in [9.17, 15) is 4.79 Å². The standard InChI is InChI=1S/C29H30BrN5O/c1-34-16-17-35(27(20-34)21-8-3-2-4-9-21)15-7-14-32-29(36)24-18-26(22-10-6-13-31-19-22)33-28-23(24)11-5-12-25(28)30/h2-6,8-13,18-19,27H,7,14-17,20H2,1H3,(H,32,36). The third-order valence-electron chi connectivity index (χ3n) is 6.78. The average Bonchev–Trinajstić information content (AvgIpc) is 2.92. The number of aromatic nitrogens is 2. The summed E-state index contributed by atoms with van der Waals surface area (Å²) in [5.41, 5.74) is 4.36. The van der Waals surface area contributed by atoms with Gasteiger partial charge in [0.25, 0.3) is 5.91 Å². The molecule has 1 amide bonds. The summed E-state index contributed by atoms with van der Waals surface area (Å²) in [6, 6.07) is 22.6. The van der Waals surface area contributed by atoms with Gasteiger partial charge in [0.1, 0.15) is 0 Å². The Morgan fingerprint density at radius 1 is 1.08 bits per heavy atom. The smallest absolute Gasteiger partial charge is 0.252 e. The lowest BCUT2D eigenvalue weighted by molar-refractivity contribution is 0.0866. The fraction of sp³-hybridized carbons (Fsp3) is 0.276. The van der Waals surface area contributed by atoms with Gasteiger partial charge in [-0.3, -0.25) is 14.7 Å². The average molecular weight is 544 g/mol. The number of hydrogen-bond acceptors (Lipinski definition) is 5. The first-order valence-corrected chi connectivity index (χ1v) is 13.1. The molecule has 0 saturated carbocycles. The number of nitrogens with one attached hydrogen (secondary N) is 1. The van der Waals surface area contributed by atoms with E-state index in [1.54, 1.807) is 12.4 Å². The first-order chi connectivity index (χ1) is 17.6. The number of pyridine rings is 2. The second-order valence-electron chi connectivity index (χ2n) is 9.27. The number of para-hydroxylation sites is 1. The first-order valence-electron chi connectivity index (χ1n) is 12.4. The van der Waals surface area contributed by atoms with Crippen LogP contribution in [0.25, 0.3) is 22.2 Å². The highest BCUT2D eigenvalue weighted by molar-refractivity contribution is 9.10. The summed E-state index contributed by atoms with van der Waals surface area (Å²) in [4.78, 5) is 27.3. The van der Waals surface area contributed by atoms with Crippen LogP contribution in [0.4, 0.5) is 0 Å². The molecule has 1 fully saturated rings. The lowest BCUT2D eigenvalue weighted by Gasteiger charge is -2.40. The van der Waals surface area contributed by atoms with Crippen molar-refractivity contribution in [1.29, 1.82) is 0 Å². The van der Waals surface area contributed by atoms with Crippen molar-refractivity contribution < 1.29 is 4.79 Å². The van der Waals surface area contributed by atoms with Gasteiger partial charge in [-0.1, -0.05) is 42.5 Å². The number of carbonyl (C=O) groups excluding carboxylic acids is 1. The highest BCUT2D eigenvalue weighted by atomic mass is 79.9. The van der Waals surface area contributed by atoms with Crippen molar-refractivity contribution in [2.75, 3.05) is 39.8 Å².